The van der Waals surface area contributed by atoms with Crippen molar-refractivity contribution in [2.24, 2.45) is 51.2 Å². The predicted octanol–water partition coefficient (Wildman–Crippen LogP) is 9.87. The Labute approximate surface area is 302 Å². The van der Waals surface area contributed by atoms with E-state index in [0.717, 1.165) is 37.7 Å². The summed E-state index contributed by atoms with van der Waals surface area (Å²) in [7, 11) is 0. The van der Waals surface area contributed by atoms with Crippen LogP contribution in [0.2, 0.25) is 0 Å². The lowest BCUT2D eigenvalue weighted by atomic mass is 9.36. The SMILES string of the molecule is C=CC.CC(NC(=O)NC12CCCC1C1CCC3C(C)(CCC4C(C)(C)C(OC(=O)CC(C)(C)C(=O)O)CCC43C)C1CC2)c1ccccc1. The first-order valence-corrected chi connectivity index (χ1v) is 19.6. The van der Waals surface area contributed by atoms with Crippen LogP contribution in [0.4, 0.5) is 4.79 Å². The zero-order valence-corrected chi connectivity index (χ0v) is 32.3. The number of carbonyl (C=O) groups excluding carboxylic acids is 2. The van der Waals surface area contributed by atoms with Crippen LogP contribution in [0.3, 0.4) is 0 Å². The van der Waals surface area contributed by atoms with Gasteiger partial charge in [0, 0.05) is 11.0 Å². The van der Waals surface area contributed by atoms with Gasteiger partial charge < -0.3 is 20.5 Å². The molecule has 10 atom stereocenters. The minimum absolute atomic E-state index is 0.0224. The van der Waals surface area contributed by atoms with Gasteiger partial charge in [-0.15, -0.1) is 6.58 Å². The fraction of sp³-hybridized carbons (Fsp3) is 0.744. The number of hydrogen-bond donors (Lipinski definition) is 3. The molecule has 7 heteroatoms. The van der Waals surface area contributed by atoms with Gasteiger partial charge >= 0.3 is 18.0 Å². The molecule has 0 heterocycles. The van der Waals surface area contributed by atoms with E-state index in [2.05, 4.69) is 64.0 Å². The van der Waals surface area contributed by atoms with Gasteiger partial charge in [-0.1, -0.05) is 70.5 Å². The third-order valence-corrected chi connectivity index (χ3v) is 14.9. The molecule has 7 nitrogen and oxygen atoms in total. The first kappa shape index (κ1) is 38.4. The van der Waals surface area contributed by atoms with Gasteiger partial charge in [0.2, 0.25) is 0 Å². The maximum atomic E-state index is 13.5. The number of fused-ring (bicyclic) bond motifs is 7. The fourth-order valence-electron chi connectivity index (χ4n) is 12.5. The second-order valence-electron chi connectivity index (χ2n) is 18.5. The lowest BCUT2D eigenvalue weighted by molar-refractivity contribution is -0.219. The quantitative estimate of drug-likeness (QED) is 0.195. The molecule has 278 valence electrons. The highest BCUT2D eigenvalue weighted by atomic mass is 16.5. The number of allylic oxidation sites excluding steroid dienone is 1. The van der Waals surface area contributed by atoms with E-state index in [0.29, 0.717) is 29.6 Å². The average Bonchev–Trinajstić information content (AvgIpc) is 3.46. The number of rotatable bonds is 7. The number of nitrogens with one attached hydrogen (secondary N) is 2. The van der Waals surface area contributed by atoms with Crippen LogP contribution in [0.1, 0.15) is 144 Å². The highest BCUT2D eigenvalue weighted by Gasteiger charge is 2.66. The summed E-state index contributed by atoms with van der Waals surface area (Å²) < 4.78 is 6.13. The molecule has 0 spiro atoms. The average molecular weight is 691 g/mol. The number of benzene rings is 1. The molecule has 10 unspecified atom stereocenters. The van der Waals surface area contributed by atoms with Crippen LogP contribution in [-0.4, -0.2) is 34.7 Å². The van der Waals surface area contributed by atoms with Crippen LogP contribution < -0.4 is 10.6 Å². The Hall–Kier alpha value is -2.83. The summed E-state index contributed by atoms with van der Waals surface area (Å²) >= 11 is 0. The lowest BCUT2D eigenvalue weighted by Crippen LogP contribution is -2.65. The summed E-state index contributed by atoms with van der Waals surface area (Å²) in [4.78, 5) is 38.1. The molecule has 6 rings (SSSR count). The van der Waals surface area contributed by atoms with Crippen molar-refractivity contribution < 1.29 is 24.2 Å². The van der Waals surface area contributed by atoms with E-state index in [1.54, 1.807) is 19.9 Å². The van der Waals surface area contributed by atoms with Crippen LogP contribution in [0, 0.1) is 51.2 Å². The number of esters is 1. The van der Waals surface area contributed by atoms with Crippen molar-refractivity contribution in [3.05, 3.63) is 48.6 Å². The van der Waals surface area contributed by atoms with E-state index in [9.17, 15) is 19.5 Å². The number of ether oxygens (including phenoxy) is 1. The molecule has 5 saturated carbocycles. The molecule has 5 aliphatic carbocycles. The minimum Gasteiger partial charge on any atom is -0.481 e. The Morgan fingerprint density at radius 1 is 0.920 bits per heavy atom. The van der Waals surface area contributed by atoms with Gasteiger partial charge in [-0.3, -0.25) is 9.59 Å². The molecule has 1 aromatic carbocycles. The molecule has 1 aromatic rings. The van der Waals surface area contributed by atoms with E-state index >= 15 is 0 Å². The highest BCUT2D eigenvalue weighted by Crippen LogP contribution is 2.72. The van der Waals surface area contributed by atoms with Gasteiger partial charge in [0.25, 0.3) is 0 Å². The van der Waals surface area contributed by atoms with Crippen molar-refractivity contribution in [2.75, 3.05) is 0 Å². The first-order chi connectivity index (χ1) is 23.4. The predicted molar refractivity (Wildman–Crippen MR) is 199 cm³/mol. The number of carboxylic acids is 1. The fourth-order valence-corrected chi connectivity index (χ4v) is 12.5. The molecule has 0 radical (unpaired) electrons. The molecule has 50 heavy (non-hydrogen) atoms. The van der Waals surface area contributed by atoms with Crippen molar-refractivity contribution >= 4 is 18.0 Å². The van der Waals surface area contributed by atoms with Crippen LogP contribution >= 0.6 is 0 Å². The summed E-state index contributed by atoms with van der Waals surface area (Å²) in [6.45, 7) is 20.3. The van der Waals surface area contributed by atoms with E-state index in [-0.39, 0.29) is 52.4 Å². The summed E-state index contributed by atoms with van der Waals surface area (Å²) in [6.07, 6.45) is 13.9. The topological polar surface area (TPSA) is 105 Å². The Balaban J connectivity index is 0.00000156. The molecular weight excluding hydrogens is 624 g/mol. The third kappa shape index (κ3) is 6.88. The second kappa shape index (κ2) is 14.3. The van der Waals surface area contributed by atoms with Crippen LogP contribution in [0.15, 0.2) is 43.0 Å². The zero-order valence-electron chi connectivity index (χ0n) is 32.3. The normalized spacial score (nSPS) is 37.5. The van der Waals surface area contributed by atoms with E-state index < -0.39 is 11.4 Å². The van der Waals surface area contributed by atoms with Crippen molar-refractivity contribution in [3.8, 4) is 0 Å². The Morgan fingerprint density at radius 3 is 2.24 bits per heavy atom. The Kier molecular flexibility index (Phi) is 11.0. The minimum atomic E-state index is -1.13. The maximum absolute atomic E-state index is 13.5. The molecule has 2 amide bonds. The Morgan fingerprint density at radius 2 is 1.58 bits per heavy atom. The highest BCUT2D eigenvalue weighted by molar-refractivity contribution is 5.81. The molecule has 3 N–H and O–H groups in total. The summed E-state index contributed by atoms with van der Waals surface area (Å²) in [5.41, 5.74) is 0.186. The van der Waals surface area contributed by atoms with E-state index in [1.807, 2.05) is 25.1 Å². The second-order valence-corrected chi connectivity index (χ2v) is 18.5. The van der Waals surface area contributed by atoms with E-state index in [1.165, 1.54) is 38.5 Å². The Bertz CT molecular complexity index is 1410. The molecule has 5 aliphatic rings. The van der Waals surface area contributed by atoms with Gasteiger partial charge in [0.1, 0.15) is 6.10 Å². The number of carboxylic acid groups (broad SMARTS) is 1. The molecule has 0 aliphatic heterocycles. The first-order valence-electron chi connectivity index (χ1n) is 19.6. The van der Waals surface area contributed by atoms with E-state index in [4.69, 9.17) is 4.74 Å². The van der Waals surface area contributed by atoms with Crippen molar-refractivity contribution in [1.29, 1.82) is 0 Å². The maximum Gasteiger partial charge on any atom is 0.315 e. The largest absolute Gasteiger partial charge is 0.481 e. The number of hydrogen-bond acceptors (Lipinski definition) is 4. The number of urea groups is 1. The van der Waals surface area contributed by atoms with Crippen molar-refractivity contribution in [1.82, 2.24) is 10.6 Å². The molecule has 0 saturated heterocycles. The molecule has 0 aromatic heterocycles. The van der Waals surface area contributed by atoms with Crippen molar-refractivity contribution in [3.63, 3.8) is 0 Å². The lowest BCUT2D eigenvalue weighted by Gasteiger charge is -2.69. The van der Waals surface area contributed by atoms with Crippen molar-refractivity contribution in [2.45, 2.75) is 150 Å². The van der Waals surface area contributed by atoms with Gasteiger partial charge in [0.05, 0.1) is 17.9 Å². The third-order valence-electron chi connectivity index (χ3n) is 14.9. The standard InChI is InChI=1S/C40H60N2O5.C3H6/c1-25(26-12-9-8-10-13-26)41-35(46)42-40-20-11-14-29(40)27-15-16-31-38(6,28(27)17-23-40)21-18-30-37(4,5)32(19-22-39(30,31)7)47-33(43)24-36(2,3)34(44)45;1-3-2/h8-10,12-13,25,27-32H,11,14-24H2,1-7H3,(H,44,45)(H2,41,42,46);3H,1H2,2H3. The number of aliphatic carboxylic acids is 1. The zero-order chi connectivity index (χ0) is 36.7. The summed E-state index contributed by atoms with van der Waals surface area (Å²) in [5, 5.41) is 16.4. The van der Waals surface area contributed by atoms with Crippen LogP contribution in [0.5, 0.6) is 0 Å². The van der Waals surface area contributed by atoms with Gasteiger partial charge in [-0.25, -0.2) is 4.79 Å². The monoisotopic (exact) mass is 690 g/mol. The summed E-state index contributed by atoms with van der Waals surface area (Å²) in [6, 6.07) is 10.1. The molecular formula is C43H66N2O5. The van der Waals surface area contributed by atoms with Gasteiger partial charge in [-0.05, 0) is 138 Å². The summed E-state index contributed by atoms with van der Waals surface area (Å²) in [5.74, 6) is 1.61. The van der Waals surface area contributed by atoms with Crippen LogP contribution in [0.25, 0.3) is 0 Å². The van der Waals surface area contributed by atoms with Gasteiger partial charge in [0.15, 0.2) is 0 Å². The molecule has 5 fully saturated rings. The number of carbonyl (C=O) groups is 3. The smallest absolute Gasteiger partial charge is 0.315 e. The number of amides is 2. The van der Waals surface area contributed by atoms with Gasteiger partial charge in [-0.2, -0.15) is 0 Å². The molecule has 0 bridgehead atoms. The van der Waals surface area contributed by atoms with Crippen LogP contribution in [-0.2, 0) is 14.3 Å².